The van der Waals surface area contributed by atoms with Gasteiger partial charge in [-0.3, -0.25) is 4.98 Å². The topological polar surface area (TPSA) is 25.8 Å². The van der Waals surface area contributed by atoms with Crippen LogP contribution in [0.2, 0.25) is 5.15 Å². The van der Waals surface area contributed by atoms with E-state index in [1.807, 2.05) is 13.0 Å². The number of hydrogen-bond acceptors (Lipinski definition) is 2. The third kappa shape index (κ3) is 2.17. The fraction of sp³-hybridized carbons (Fsp3) is 0.250. The molecule has 0 bridgehead atoms. The average molecular weight is 271 g/mol. The smallest absolute Gasteiger partial charge is 0.133 e. The highest BCUT2D eigenvalue weighted by Gasteiger charge is 2.08. The van der Waals surface area contributed by atoms with Crippen molar-refractivity contribution < 1.29 is 0 Å². The average Bonchev–Trinajstić information content (AvgIpc) is 2.40. The van der Waals surface area contributed by atoms with E-state index >= 15 is 0 Å². The number of pyridine rings is 2. The molecule has 0 unspecified atom stereocenters. The molecule has 0 aliphatic heterocycles. The van der Waals surface area contributed by atoms with Crippen molar-refractivity contribution in [2.75, 3.05) is 0 Å². The summed E-state index contributed by atoms with van der Waals surface area (Å²) < 4.78 is 0. The van der Waals surface area contributed by atoms with Gasteiger partial charge in [-0.05, 0) is 31.0 Å². The van der Waals surface area contributed by atoms with Gasteiger partial charge in [0.2, 0.25) is 0 Å². The van der Waals surface area contributed by atoms with Crippen LogP contribution in [0.4, 0.5) is 0 Å². The number of hydrogen-bond donors (Lipinski definition) is 0. The minimum atomic E-state index is 0.602. The molecule has 0 N–H and O–H groups in total. The van der Waals surface area contributed by atoms with Gasteiger partial charge in [0.05, 0.1) is 11.0 Å². The number of benzene rings is 1. The maximum absolute atomic E-state index is 6.28. The number of nitrogens with zero attached hydrogens (tertiary/aromatic N) is 2. The molecule has 3 rings (SSSR count). The monoisotopic (exact) mass is 270 g/mol. The Kier molecular flexibility index (Phi) is 3.11. The molecule has 3 heteroatoms. The van der Waals surface area contributed by atoms with Crippen molar-refractivity contribution in [1.29, 1.82) is 0 Å². The van der Waals surface area contributed by atoms with Gasteiger partial charge in [-0.1, -0.05) is 43.1 Å². The number of aromatic nitrogens is 2. The minimum absolute atomic E-state index is 0.602. The van der Waals surface area contributed by atoms with E-state index < -0.39 is 0 Å². The summed E-state index contributed by atoms with van der Waals surface area (Å²) >= 11 is 6.28. The van der Waals surface area contributed by atoms with Gasteiger partial charge in [0.25, 0.3) is 0 Å². The van der Waals surface area contributed by atoms with Crippen LogP contribution in [0.25, 0.3) is 21.8 Å². The summed E-state index contributed by atoms with van der Waals surface area (Å²) in [5.74, 6) is 0. The van der Waals surface area contributed by atoms with Crippen LogP contribution in [0.1, 0.15) is 24.6 Å². The van der Waals surface area contributed by atoms with Crippen molar-refractivity contribution in [3.8, 4) is 0 Å². The first kappa shape index (κ1) is 12.4. The Balaban J connectivity index is 2.36. The molecule has 0 fully saturated rings. The second kappa shape index (κ2) is 4.78. The van der Waals surface area contributed by atoms with Gasteiger partial charge in [0.15, 0.2) is 0 Å². The molecule has 0 radical (unpaired) electrons. The Hall–Kier alpha value is -1.67. The third-order valence-electron chi connectivity index (χ3n) is 3.33. The number of aryl methyl sites for hydroxylation is 2. The lowest BCUT2D eigenvalue weighted by Crippen LogP contribution is -1.92. The molecule has 96 valence electrons. The molecular formula is C16H15ClN2. The number of fused-ring (bicyclic) bond motifs is 3. The SMILES string of the molecule is CCCc1cc2ccc3ccc(C)nc3c2nc1Cl. The molecule has 2 nitrogen and oxygen atoms in total. The quantitative estimate of drug-likeness (QED) is 0.498. The molecule has 3 aromatic rings. The lowest BCUT2D eigenvalue weighted by atomic mass is 10.1. The van der Waals surface area contributed by atoms with Gasteiger partial charge >= 0.3 is 0 Å². The predicted octanol–water partition coefficient (Wildman–Crippen LogP) is 4.70. The van der Waals surface area contributed by atoms with Crippen LogP contribution in [-0.4, -0.2) is 9.97 Å². The molecule has 1 aromatic carbocycles. The fourth-order valence-corrected chi connectivity index (χ4v) is 2.62. The van der Waals surface area contributed by atoms with E-state index in [-0.39, 0.29) is 0 Å². The lowest BCUT2D eigenvalue weighted by Gasteiger charge is -2.07. The van der Waals surface area contributed by atoms with Crippen molar-refractivity contribution in [1.82, 2.24) is 9.97 Å². The van der Waals surface area contributed by atoms with Crippen molar-refractivity contribution in [2.45, 2.75) is 26.7 Å². The zero-order valence-electron chi connectivity index (χ0n) is 11.1. The Bertz CT molecular complexity index is 765. The van der Waals surface area contributed by atoms with Gasteiger partial charge in [-0.25, -0.2) is 4.98 Å². The van der Waals surface area contributed by atoms with Gasteiger partial charge in [-0.2, -0.15) is 0 Å². The maximum Gasteiger partial charge on any atom is 0.133 e. The number of rotatable bonds is 2. The molecule has 0 aliphatic carbocycles. The van der Waals surface area contributed by atoms with E-state index in [0.29, 0.717) is 5.15 Å². The molecule has 0 amide bonds. The van der Waals surface area contributed by atoms with E-state index in [4.69, 9.17) is 11.6 Å². The summed E-state index contributed by atoms with van der Waals surface area (Å²) in [5.41, 5.74) is 3.94. The van der Waals surface area contributed by atoms with E-state index in [9.17, 15) is 0 Å². The maximum atomic E-state index is 6.28. The van der Waals surface area contributed by atoms with Crippen LogP contribution in [0, 0.1) is 6.92 Å². The highest BCUT2D eigenvalue weighted by atomic mass is 35.5. The standard InChI is InChI=1S/C16H15ClN2/c1-3-4-13-9-12-8-7-11-6-5-10(2)18-14(11)15(12)19-16(13)17/h5-9H,3-4H2,1-2H3. The molecule has 0 atom stereocenters. The first-order chi connectivity index (χ1) is 9.19. The van der Waals surface area contributed by atoms with Gasteiger partial charge in [0.1, 0.15) is 5.15 Å². The van der Waals surface area contributed by atoms with Crippen molar-refractivity contribution in [3.05, 3.63) is 46.7 Å². The first-order valence-electron chi connectivity index (χ1n) is 6.54. The molecule has 0 saturated heterocycles. The fourth-order valence-electron chi connectivity index (χ4n) is 2.38. The van der Waals surface area contributed by atoms with Gasteiger partial charge < -0.3 is 0 Å². The largest absolute Gasteiger partial charge is 0.251 e. The molecule has 2 heterocycles. The molecule has 19 heavy (non-hydrogen) atoms. The Morgan fingerprint density at radius 1 is 1.00 bits per heavy atom. The molecule has 2 aromatic heterocycles. The summed E-state index contributed by atoms with van der Waals surface area (Å²) in [7, 11) is 0. The third-order valence-corrected chi connectivity index (χ3v) is 3.66. The first-order valence-corrected chi connectivity index (χ1v) is 6.92. The molecule has 0 saturated carbocycles. The van der Waals surface area contributed by atoms with Crippen LogP contribution < -0.4 is 0 Å². The Morgan fingerprint density at radius 2 is 1.68 bits per heavy atom. The summed E-state index contributed by atoms with van der Waals surface area (Å²) in [6, 6.07) is 10.4. The number of halogens is 1. The second-order valence-electron chi connectivity index (χ2n) is 4.85. The normalized spacial score (nSPS) is 11.3. The van der Waals surface area contributed by atoms with E-state index in [1.54, 1.807) is 0 Å². The highest BCUT2D eigenvalue weighted by Crippen LogP contribution is 2.27. The van der Waals surface area contributed by atoms with Crippen LogP contribution in [0.3, 0.4) is 0 Å². The summed E-state index contributed by atoms with van der Waals surface area (Å²) in [4.78, 5) is 9.17. The summed E-state index contributed by atoms with van der Waals surface area (Å²) in [6.07, 6.45) is 2.03. The van der Waals surface area contributed by atoms with Crippen LogP contribution in [-0.2, 0) is 6.42 Å². The van der Waals surface area contributed by atoms with Crippen molar-refractivity contribution in [3.63, 3.8) is 0 Å². The van der Waals surface area contributed by atoms with Crippen LogP contribution in [0.15, 0.2) is 30.3 Å². The van der Waals surface area contributed by atoms with Crippen molar-refractivity contribution in [2.24, 2.45) is 0 Å². The van der Waals surface area contributed by atoms with E-state index in [1.165, 1.54) is 0 Å². The Labute approximate surface area is 117 Å². The molecular weight excluding hydrogens is 256 g/mol. The minimum Gasteiger partial charge on any atom is -0.251 e. The Morgan fingerprint density at radius 3 is 2.47 bits per heavy atom. The van der Waals surface area contributed by atoms with Gasteiger partial charge in [0, 0.05) is 16.5 Å². The van der Waals surface area contributed by atoms with Crippen LogP contribution in [0.5, 0.6) is 0 Å². The summed E-state index contributed by atoms with van der Waals surface area (Å²) in [6.45, 7) is 4.14. The molecule has 0 aliphatic rings. The zero-order chi connectivity index (χ0) is 13.4. The lowest BCUT2D eigenvalue weighted by molar-refractivity contribution is 0.918. The summed E-state index contributed by atoms with van der Waals surface area (Å²) in [5, 5.41) is 2.81. The molecule has 0 spiro atoms. The zero-order valence-corrected chi connectivity index (χ0v) is 11.8. The predicted molar refractivity (Wildman–Crippen MR) is 80.8 cm³/mol. The highest BCUT2D eigenvalue weighted by molar-refractivity contribution is 6.30. The van der Waals surface area contributed by atoms with Crippen molar-refractivity contribution >= 4 is 33.4 Å². The van der Waals surface area contributed by atoms with Gasteiger partial charge in [-0.15, -0.1) is 0 Å². The second-order valence-corrected chi connectivity index (χ2v) is 5.21. The van der Waals surface area contributed by atoms with E-state index in [2.05, 4.69) is 41.2 Å². The van der Waals surface area contributed by atoms with E-state index in [0.717, 1.165) is 45.9 Å². The van der Waals surface area contributed by atoms with Crippen LogP contribution >= 0.6 is 11.6 Å².